The molecule has 1 radical (unpaired) electrons. The molecule has 18 nitrogen and oxygen atoms in total. The average Bonchev–Trinajstić information content (AvgIpc) is 4.01. The molecule has 66 heavy (non-hydrogen) atoms. The Kier molecular flexibility index (Phi) is 18.6. The van der Waals surface area contributed by atoms with Crippen LogP contribution >= 0.6 is 57.5 Å². The van der Waals surface area contributed by atoms with Gasteiger partial charge in [-0.1, -0.05) is 76.5 Å². The number of aliphatic hydroxyl groups excluding tert-OH is 2. The molecule has 0 spiro atoms. The van der Waals surface area contributed by atoms with E-state index in [9.17, 15) is 40.0 Å². The van der Waals surface area contributed by atoms with E-state index in [0.29, 0.717) is 0 Å². The summed E-state index contributed by atoms with van der Waals surface area (Å²) in [5.41, 5.74) is 6.31. The zero-order valence-electron chi connectivity index (χ0n) is 35.4. The van der Waals surface area contributed by atoms with Gasteiger partial charge in [0.25, 0.3) is 0 Å². The number of allylic oxidation sites excluding steroid dienone is 7. The van der Waals surface area contributed by atoms with Gasteiger partial charge >= 0.3 is 10.0 Å². The van der Waals surface area contributed by atoms with Gasteiger partial charge in [0.1, 0.15) is 30.0 Å². The molecule has 2 aliphatic carbocycles. The van der Waals surface area contributed by atoms with Gasteiger partial charge in [-0.2, -0.15) is 4.58 Å². The van der Waals surface area contributed by atoms with Crippen LogP contribution in [0.15, 0.2) is 127 Å². The molecule has 0 fully saturated rings. The molecular formula is C42H38Cl3CoN10O8S2-. The second-order valence-corrected chi connectivity index (χ2v) is 17.0. The van der Waals surface area contributed by atoms with Crippen LogP contribution in [0.1, 0.15) is 45.2 Å². The van der Waals surface area contributed by atoms with Crippen LogP contribution in [0.3, 0.4) is 0 Å². The summed E-state index contributed by atoms with van der Waals surface area (Å²) in [4.78, 5) is 51.6. The second-order valence-electron chi connectivity index (χ2n) is 13.8. The number of hydrogen-bond donors (Lipinski definition) is 2. The third-order valence-electron chi connectivity index (χ3n) is 9.87. The number of aliphatic hydroxyl groups is 2. The van der Waals surface area contributed by atoms with Gasteiger partial charge in [-0.15, -0.1) is 0 Å². The number of aromatic nitrogens is 2. The first-order chi connectivity index (χ1) is 30.9. The molecule has 3 aliphatic rings. The van der Waals surface area contributed by atoms with Crippen molar-refractivity contribution in [2.45, 2.75) is 39.5 Å². The number of nitro groups is 2. The number of nitrogens with zero attached hydrogens (tertiary/aromatic N) is 10. The van der Waals surface area contributed by atoms with Gasteiger partial charge in [-0.3, -0.25) is 40.0 Å². The fourth-order valence-corrected chi connectivity index (χ4v) is 7.90. The molecule has 0 saturated heterocycles. The van der Waals surface area contributed by atoms with Crippen molar-refractivity contribution >= 4 is 114 Å². The van der Waals surface area contributed by atoms with Gasteiger partial charge in [0.2, 0.25) is 17.3 Å². The van der Waals surface area contributed by atoms with Crippen LogP contribution in [-0.4, -0.2) is 73.5 Å². The van der Waals surface area contributed by atoms with Gasteiger partial charge in [0.15, 0.2) is 5.71 Å². The zero-order valence-corrected chi connectivity index (χ0v) is 40.3. The molecule has 1 unspecified atom stereocenters. The molecule has 2 aromatic heterocycles. The SMILES string of the molecule is CCN(CC)c1ccc(/C=C/C2=[N+](C)c3ccc(Cl)cc3C2(C)CC)cc1.O=C1C=C(O)C(=NN=c2[n-]cc([N+](=O)[O-])s2)C=C1Cl.O=C1C=C(O)C(=NN=c2[n-]cc([N+](=O)[O-])s2)C=C1Cl.[Co]. The molecule has 0 amide bonds. The fourth-order valence-electron chi connectivity index (χ4n) is 6.30. The number of rotatable bonds is 10. The van der Waals surface area contributed by atoms with Gasteiger partial charge in [0, 0.05) is 92.4 Å². The number of carbonyl (C=O) groups excluding carboxylic acids is 2. The zero-order chi connectivity index (χ0) is 47.6. The van der Waals surface area contributed by atoms with Crippen LogP contribution in [0, 0.1) is 20.2 Å². The molecule has 1 atom stereocenters. The summed E-state index contributed by atoms with van der Waals surface area (Å²) in [6, 6.07) is 15.1. The van der Waals surface area contributed by atoms with Crippen molar-refractivity contribution in [2.24, 2.45) is 20.4 Å². The first-order valence-electron chi connectivity index (χ1n) is 19.3. The molecule has 24 heteroatoms. The van der Waals surface area contributed by atoms with E-state index in [1.54, 1.807) is 0 Å². The number of hydrogen-bond acceptors (Lipinski definition) is 15. The maximum absolute atomic E-state index is 11.1. The smallest absolute Gasteiger partial charge is 0.319 e. The average molecular weight is 1040 g/mol. The van der Waals surface area contributed by atoms with Crippen molar-refractivity contribution in [2.75, 3.05) is 25.0 Å². The Morgan fingerprint density at radius 1 is 0.773 bits per heavy atom. The second kappa shape index (κ2) is 23.4. The number of anilines is 1. The minimum atomic E-state index is -0.600. The van der Waals surface area contributed by atoms with E-state index in [2.05, 4.69) is 123 Å². The summed E-state index contributed by atoms with van der Waals surface area (Å²) in [7, 11) is 2.15. The maximum Gasteiger partial charge on any atom is 0.319 e. The summed E-state index contributed by atoms with van der Waals surface area (Å²) >= 11 is 18.9. The summed E-state index contributed by atoms with van der Waals surface area (Å²) in [6.45, 7) is 11.0. The van der Waals surface area contributed by atoms with Crippen LogP contribution in [0.5, 0.6) is 0 Å². The van der Waals surface area contributed by atoms with Crippen molar-refractivity contribution in [3.05, 3.63) is 153 Å². The molecule has 2 N–H and O–H groups in total. The summed E-state index contributed by atoms with van der Waals surface area (Å²) in [6.07, 6.45) is 11.7. The summed E-state index contributed by atoms with van der Waals surface area (Å²) in [5.74, 6) is -1.85. The van der Waals surface area contributed by atoms with Crippen molar-refractivity contribution in [1.82, 2.24) is 9.97 Å². The van der Waals surface area contributed by atoms with Crippen molar-refractivity contribution in [3.8, 4) is 0 Å². The van der Waals surface area contributed by atoms with E-state index in [0.717, 1.165) is 83.9 Å². The van der Waals surface area contributed by atoms with E-state index in [-0.39, 0.29) is 74.8 Å². The van der Waals surface area contributed by atoms with Crippen LogP contribution in [-0.2, 0) is 31.8 Å². The van der Waals surface area contributed by atoms with Gasteiger partial charge in [0.05, 0.1) is 25.3 Å². The molecule has 1 aliphatic heterocycles. The first kappa shape index (κ1) is 52.6. The normalized spacial score (nSPS) is 18.4. The fraction of sp³-hybridized carbons (Fsp3) is 0.214. The predicted octanol–water partition coefficient (Wildman–Crippen LogP) is 8.33. The third kappa shape index (κ3) is 12.8. The van der Waals surface area contributed by atoms with Crippen molar-refractivity contribution in [3.63, 3.8) is 0 Å². The largest absolute Gasteiger partial charge is 0.506 e. The Bertz CT molecular complexity index is 2820. The predicted molar refractivity (Wildman–Crippen MR) is 253 cm³/mol. The topological polar surface area (TPSA) is 245 Å². The van der Waals surface area contributed by atoms with E-state index in [4.69, 9.17) is 34.8 Å². The van der Waals surface area contributed by atoms with Crippen LogP contribution in [0.2, 0.25) is 5.02 Å². The molecule has 3 heterocycles. The van der Waals surface area contributed by atoms with Crippen LogP contribution in [0.25, 0.3) is 6.08 Å². The number of halogens is 3. The number of thiazole rings is 2. The maximum atomic E-state index is 11.1. The monoisotopic (exact) mass is 1040 g/mol. The number of fused-ring (bicyclic) bond motifs is 1. The molecule has 0 saturated carbocycles. The van der Waals surface area contributed by atoms with Gasteiger partial charge < -0.3 is 35.3 Å². The van der Waals surface area contributed by atoms with Crippen molar-refractivity contribution < 1.29 is 51.0 Å². The number of carbonyl (C=O) groups is 2. The Morgan fingerprint density at radius 2 is 1.26 bits per heavy atom. The Hall–Kier alpha value is -6.07. The van der Waals surface area contributed by atoms with Gasteiger partial charge in [-0.25, -0.2) is 0 Å². The molecule has 4 aromatic rings. The molecular weight excluding hydrogens is 1000 g/mol. The van der Waals surface area contributed by atoms with Gasteiger partial charge in [-0.05, 0) is 75.2 Å². The summed E-state index contributed by atoms with van der Waals surface area (Å²) < 4.78 is 2.30. The van der Waals surface area contributed by atoms with E-state index >= 15 is 0 Å². The minimum absolute atomic E-state index is 0. The molecule has 2 aromatic carbocycles. The third-order valence-corrected chi connectivity index (χ3v) is 12.4. The number of ketones is 2. The van der Waals surface area contributed by atoms with E-state index in [1.807, 2.05) is 6.07 Å². The van der Waals surface area contributed by atoms with Crippen LogP contribution < -0.4 is 24.5 Å². The quantitative estimate of drug-likeness (QED) is 0.0662. The van der Waals surface area contributed by atoms with Crippen LogP contribution in [0.4, 0.5) is 21.4 Å². The molecule has 0 bridgehead atoms. The first-order valence-corrected chi connectivity index (χ1v) is 22.0. The molecule has 7 rings (SSSR count). The standard InChI is InChI=1S/C24H30ClN2.2C9H5ClN4O4S.Co/c1-6-24(4)21-17-19(25)12-15-22(21)26(5)23(24)16-11-18-9-13-20(14-10-18)27(7-2)8-3;2*10-4-1-5(7(16)2-6(4)15)12-13-9-11-3-8(19-9)14(17)18;/h9-17H,6-8H2,1-5H3;2*1-3H,(H2,11,13,15,16);/q+1;;;/p-2. The minimum Gasteiger partial charge on any atom is -0.506 e. The Morgan fingerprint density at radius 3 is 1.68 bits per heavy atom. The number of benzene rings is 2. The Labute approximate surface area is 409 Å². The van der Waals surface area contributed by atoms with Crippen molar-refractivity contribution in [1.29, 1.82) is 0 Å². The summed E-state index contributed by atoms with van der Waals surface area (Å²) in [5, 5.41) is 54.5. The van der Waals surface area contributed by atoms with E-state index < -0.39 is 21.4 Å². The Balaban J connectivity index is 0.000000220. The van der Waals surface area contributed by atoms with E-state index in [1.165, 1.54) is 28.2 Å². The molecule has 347 valence electrons.